The molecule has 1 amide bonds. The third-order valence-corrected chi connectivity index (χ3v) is 3.58. The van der Waals surface area contributed by atoms with E-state index in [0.717, 1.165) is 10.0 Å². The highest BCUT2D eigenvalue weighted by atomic mass is 79.9. The fourth-order valence-electron chi connectivity index (χ4n) is 1.70. The van der Waals surface area contributed by atoms with E-state index in [4.69, 9.17) is 5.11 Å². The molecule has 1 rings (SSSR count). The molecule has 0 bridgehead atoms. The Labute approximate surface area is 111 Å². The molecule has 0 unspecified atom stereocenters. The normalized spacial score (nSPS) is 10.7. The van der Waals surface area contributed by atoms with E-state index in [1.807, 2.05) is 39.0 Å². The number of carbonyl (C=O) groups excluding carboxylic acids is 1. The Bertz CT molecular complexity index is 404. The van der Waals surface area contributed by atoms with Crippen molar-refractivity contribution in [2.75, 3.05) is 13.2 Å². The van der Waals surface area contributed by atoms with Crippen molar-refractivity contribution in [3.05, 3.63) is 33.8 Å². The predicted molar refractivity (Wildman–Crippen MR) is 72.1 cm³/mol. The van der Waals surface area contributed by atoms with Gasteiger partial charge in [-0.05, 0) is 38.5 Å². The average Bonchev–Trinajstić information content (AvgIpc) is 2.28. The summed E-state index contributed by atoms with van der Waals surface area (Å²) in [6, 6.07) is 5.66. The highest BCUT2D eigenvalue weighted by Crippen LogP contribution is 2.21. The van der Waals surface area contributed by atoms with Gasteiger partial charge in [0, 0.05) is 22.6 Å². The van der Waals surface area contributed by atoms with Crippen LogP contribution in [0.1, 0.15) is 29.8 Å². The lowest BCUT2D eigenvalue weighted by Crippen LogP contribution is -2.39. The molecule has 1 N–H and O–H groups in total. The minimum Gasteiger partial charge on any atom is -0.395 e. The summed E-state index contributed by atoms with van der Waals surface area (Å²) in [4.78, 5) is 14.0. The molecule has 0 aromatic heterocycles. The zero-order valence-electron chi connectivity index (χ0n) is 10.4. The lowest BCUT2D eigenvalue weighted by atomic mass is 10.1. The van der Waals surface area contributed by atoms with Crippen molar-refractivity contribution >= 4 is 21.8 Å². The summed E-state index contributed by atoms with van der Waals surface area (Å²) in [5.74, 6) is -0.0344. The summed E-state index contributed by atoms with van der Waals surface area (Å²) >= 11 is 3.42. The standard InChI is InChI=1S/C13H18BrNO2/c1-9(2)15(7-8-16)13(17)11-5-4-6-12(14)10(11)3/h4-6,9,16H,7-8H2,1-3H3. The van der Waals surface area contributed by atoms with Gasteiger partial charge in [0.2, 0.25) is 0 Å². The molecule has 0 radical (unpaired) electrons. The van der Waals surface area contributed by atoms with Crippen LogP contribution in [0.4, 0.5) is 0 Å². The number of benzene rings is 1. The Balaban J connectivity index is 3.05. The Morgan fingerprint density at radius 2 is 2.12 bits per heavy atom. The molecular weight excluding hydrogens is 282 g/mol. The van der Waals surface area contributed by atoms with Crippen molar-refractivity contribution in [2.24, 2.45) is 0 Å². The number of hydrogen-bond donors (Lipinski definition) is 1. The maximum Gasteiger partial charge on any atom is 0.254 e. The first-order chi connectivity index (χ1) is 7.99. The van der Waals surface area contributed by atoms with Gasteiger partial charge in [-0.1, -0.05) is 22.0 Å². The molecule has 0 fully saturated rings. The molecular formula is C13H18BrNO2. The van der Waals surface area contributed by atoms with Crippen molar-refractivity contribution in [3.63, 3.8) is 0 Å². The first kappa shape index (κ1) is 14.2. The summed E-state index contributed by atoms with van der Waals surface area (Å²) in [6.07, 6.45) is 0. The smallest absolute Gasteiger partial charge is 0.254 e. The SMILES string of the molecule is Cc1c(Br)cccc1C(=O)N(CCO)C(C)C. The molecule has 0 aliphatic rings. The van der Waals surface area contributed by atoms with Crippen LogP contribution < -0.4 is 0 Å². The van der Waals surface area contributed by atoms with Gasteiger partial charge < -0.3 is 10.0 Å². The van der Waals surface area contributed by atoms with E-state index in [-0.39, 0.29) is 18.6 Å². The van der Waals surface area contributed by atoms with Gasteiger partial charge in [0.05, 0.1) is 6.61 Å². The number of aliphatic hydroxyl groups is 1. The molecule has 0 saturated heterocycles. The number of rotatable bonds is 4. The fraction of sp³-hybridized carbons (Fsp3) is 0.462. The zero-order valence-corrected chi connectivity index (χ0v) is 12.0. The Morgan fingerprint density at radius 1 is 1.47 bits per heavy atom. The molecule has 1 aromatic carbocycles. The summed E-state index contributed by atoms with van der Waals surface area (Å²) in [6.45, 7) is 6.15. The quantitative estimate of drug-likeness (QED) is 0.928. The number of hydrogen-bond acceptors (Lipinski definition) is 2. The Morgan fingerprint density at radius 3 is 2.65 bits per heavy atom. The molecule has 94 valence electrons. The van der Waals surface area contributed by atoms with Gasteiger partial charge in [0.25, 0.3) is 5.91 Å². The van der Waals surface area contributed by atoms with Crippen LogP contribution in [0.25, 0.3) is 0 Å². The Kier molecular flexibility index (Phi) is 5.15. The zero-order chi connectivity index (χ0) is 13.0. The number of aliphatic hydroxyl groups excluding tert-OH is 1. The molecule has 4 heteroatoms. The van der Waals surface area contributed by atoms with E-state index >= 15 is 0 Å². The molecule has 1 aromatic rings. The van der Waals surface area contributed by atoms with Crippen molar-refractivity contribution in [2.45, 2.75) is 26.8 Å². The second-order valence-corrected chi connectivity index (χ2v) is 5.08. The van der Waals surface area contributed by atoms with Gasteiger partial charge in [0.1, 0.15) is 0 Å². The minimum absolute atomic E-state index is 0.0169. The van der Waals surface area contributed by atoms with Crippen LogP contribution in [0.5, 0.6) is 0 Å². The lowest BCUT2D eigenvalue weighted by Gasteiger charge is -2.26. The average molecular weight is 300 g/mol. The third-order valence-electron chi connectivity index (χ3n) is 2.72. The van der Waals surface area contributed by atoms with Gasteiger partial charge in [0.15, 0.2) is 0 Å². The van der Waals surface area contributed by atoms with E-state index in [1.54, 1.807) is 4.90 Å². The molecule has 17 heavy (non-hydrogen) atoms. The highest BCUT2D eigenvalue weighted by Gasteiger charge is 2.20. The third kappa shape index (κ3) is 3.30. The van der Waals surface area contributed by atoms with E-state index in [0.29, 0.717) is 12.1 Å². The van der Waals surface area contributed by atoms with Crippen molar-refractivity contribution in [3.8, 4) is 0 Å². The van der Waals surface area contributed by atoms with E-state index in [1.165, 1.54) is 0 Å². The first-order valence-electron chi connectivity index (χ1n) is 5.66. The Hall–Kier alpha value is -0.870. The highest BCUT2D eigenvalue weighted by molar-refractivity contribution is 9.10. The molecule has 0 heterocycles. The number of nitrogens with zero attached hydrogens (tertiary/aromatic N) is 1. The summed E-state index contributed by atoms with van der Waals surface area (Å²) in [5.41, 5.74) is 1.61. The molecule has 0 aliphatic carbocycles. The number of amides is 1. The maximum atomic E-state index is 12.3. The van der Waals surface area contributed by atoms with E-state index < -0.39 is 0 Å². The molecule has 3 nitrogen and oxygen atoms in total. The number of carbonyl (C=O) groups is 1. The summed E-state index contributed by atoms with van der Waals surface area (Å²) < 4.78 is 0.927. The summed E-state index contributed by atoms with van der Waals surface area (Å²) in [5, 5.41) is 9.00. The van der Waals surface area contributed by atoms with Gasteiger partial charge in [-0.25, -0.2) is 0 Å². The predicted octanol–water partition coefficient (Wildman–Crippen LogP) is 2.60. The van der Waals surface area contributed by atoms with Gasteiger partial charge in [-0.15, -0.1) is 0 Å². The summed E-state index contributed by atoms with van der Waals surface area (Å²) in [7, 11) is 0. The minimum atomic E-state index is -0.0344. The van der Waals surface area contributed by atoms with Crippen LogP contribution in [-0.2, 0) is 0 Å². The first-order valence-corrected chi connectivity index (χ1v) is 6.45. The molecule has 0 atom stereocenters. The fourth-order valence-corrected chi connectivity index (χ4v) is 2.06. The van der Waals surface area contributed by atoms with E-state index in [9.17, 15) is 4.79 Å². The van der Waals surface area contributed by atoms with Crippen LogP contribution in [0.2, 0.25) is 0 Å². The van der Waals surface area contributed by atoms with Crippen LogP contribution in [0.15, 0.2) is 22.7 Å². The molecule has 0 saturated carbocycles. The second kappa shape index (κ2) is 6.17. The largest absolute Gasteiger partial charge is 0.395 e. The van der Waals surface area contributed by atoms with Crippen LogP contribution in [0, 0.1) is 6.92 Å². The van der Waals surface area contributed by atoms with Crippen LogP contribution >= 0.6 is 15.9 Å². The van der Waals surface area contributed by atoms with Crippen molar-refractivity contribution < 1.29 is 9.90 Å². The monoisotopic (exact) mass is 299 g/mol. The van der Waals surface area contributed by atoms with Crippen LogP contribution in [-0.4, -0.2) is 35.1 Å². The topological polar surface area (TPSA) is 40.5 Å². The van der Waals surface area contributed by atoms with E-state index in [2.05, 4.69) is 15.9 Å². The van der Waals surface area contributed by atoms with Gasteiger partial charge in [-0.3, -0.25) is 4.79 Å². The van der Waals surface area contributed by atoms with Crippen molar-refractivity contribution in [1.29, 1.82) is 0 Å². The van der Waals surface area contributed by atoms with Crippen molar-refractivity contribution in [1.82, 2.24) is 4.90 Å². The molecule has 0 aliphatic heterocycles. The maximum absolute atomic E-state index is 12.3. The molecule has 0 spiro atoms. The van der Waals surface area contributed by atoms with Gasteiger partial charge in [-0.2, -0.15) is 0 Å². The number of halogens is 1. The van der Waals surface area contributed by atoms with Gasteiger partial charge >= 0.3 is 0 Å². The lowest BCUT2D eigenvalue weighted by molar-refractivity contribution is 0.0664. The second-order valence-electron chi connectivity index (χ2n) is 4.23. The van der Waals surface area contributed by atoms with Crippen LogP contribution in [0.3, 0.4) is 0 Å².